The first-order valence-electron chi connectivity index (χ1n) is 21.6. The lowest BCUT2D eigenvalue weighted by molar-refractivity contribution is -0.222. The number of anilines is 1. The van der Waals surface area contributed by atoms with Crippen molar-refractivity contribution in [2.75, 3.05) is 44.4 Å². The van der Waals surface area contributed by atoms with Crippen LogP contribution in [-0.4, -0.2) is 132 Å². The van der Waals surface area contributed by atoms with Crippen LogP contribution in [0.1, 0.15) is 79.1 Å². The summed E-state index contributed by atoms with van der Waals surface area (Å²) in [4.78, 5) is 65.1. The molecule has 0 radical (unpaired) electrons. The van der Waals surface area contributed by atoms with Crippen LogP contribution >= 0.6 is 0 Å². The average Bonchev–Trinajstić information content (AvgIpc) is 4.14. The van der Waals surface area contributed by atoms with Gasteiger partial charge in [-0.05, 0) is 70.3 Å². The van der Waals surface area contributed by atoms with Crippen molar-refractivity contribution in [1.82, 2.24) is 24.8 Å². The number of halogens is 4. The van der Waals surface area contributed by atoms with E-state index in [4.69, 9.17) is 9.47 Å². The van der Waals surface area contributed by atoms with Crippen molar-refractivity contribution in [3.63, 3.8) is 0 Å². The van der Waals surface area contributed by atoms with Crippen LogP contribution in [0.4, 0.5) is 28.0 Å². The quantitative estimate of drug-likeness (QED) is 0.207. The molecule has 0 spiro atoms. The van der Waals surface area contributed by atoms with Gasteiger partial charge < -0.3 is 29.7 Å². The molecule has 2 saturated heterocycles. The molecule has 1 aromatic heterocycles. The number of pyridine rings is 1. The second-order valence-corrected chi connectivity index (χ2v) is 20.3. The molecule has 3 aliphatic heterocycles. The fraction of sp³-hybridized carbons (Fsp3) is 0.651. The van der Waals surface area contributed by atoms with Crippen LogP contribution in [0.15, 0.2) is 42.6 Å². The van der Waals surface area contributed by atoms with Crippen molar-refractivity contribution in [1.29, 1.82) is 0 Å². The highest BCUT2D eigenvalue weighted by atomic mass is 32.2. The second kappa shape index (κ2) is 17.3. The number of nitrogens with zero attached hydrogens (tertiary/aromatic N) is 4. The van der Waals surface area contributed by atoms with Crippen molar-refractivity contribution >= 4 is 50.3 Å². The number of alkyl halides is 4. The number of amides is 4. The molecule has 20 heteroatoms. The molecule has 15 nitrogen and oxygen atoms in total. The third kappa shape index (κ3) is 8.77. The van der Waals surface area contributed by atoms with E-state index in [2.05, 4.69) is 15.2 Å². The van der Waals surface area contributed by atoms with Crippen LogP contribution in [0, 0.1) is 17.8 Å². The van der Waals surface area contributed by atoms with Crippen LogP contribution in [-0.2, 0) is 29.1 Å². The Labute approximate surface area is 363 Å². The predicted octanol–water partition coefficient (Wildman–Crippen LogP) is 5.33. The normalized spacial score (nSPS) is 29.1. The molecule has 4 fully saturated rings. The smallest absolute Gasteiger partial charge is 0.411 e. The number of carboxylic acid groups (broad SMARTS) is 1. The number of benzene rings is 1. The first-order chi connectivity index (χ1) is 29.7. The molecule has 2 saturated carbocycles. The Morgan fingerprint density at radius 3 is 2.41 bits per heavy atom. The number of rotatable bonds is 10. The number of sulfonamides is 1. The van der Waals surface area contributed by atoms with Crippen LogP contribution in [0.2, 0.25) is 0 Å². The fourth-order valence-corrected chi connectivity index (χ4v) is 10.8. The van der Waals surface area contributed by atoms with Gasteiger partial charge in [-0.1, -0.05) is 50.6 Å². The van der Waals surface area contributed by atoms with Gasteiger partial charge in [0.1, 0.15) is 40.7 Å². The third-order valence-corrected chi connectivity index (χ3v) is 15.8. The minimum absolute atomic E-state index is 0.00599. The molecule has 346 valence electrons. The lowest BCUT2D eigenvalue weighted by atomic mass is 9.82. The van der Waals surface area contributed by atoms with Gasteiger partial charge in [-0.25, -0.2) is 22.6 Å². The Morgan fingerprint density at radius 1 is 1.11 bits per heavy atom. The maximum absolute atomic E-state index is 15.3. The Hall–Kier alpha value is -4.72. The van der Waals surface area contributed by atoms with Crippen LogP contribution < -0.4 is 19.7 Å². The number of hydrogen-bond donors (Lipinski definition) is 3. The highest BCUT2D eigenvalue weighted by molar-refractivity contribution is 7.91. The Morgan fingerprint density at radius 2 is 1.79 bits per heavy atom. The molecule has 4 amide bonds. The van der Waals surface area contributed by atoms with E-state index in [9.17, 15) is 45.5 Å². The molecule has 5 aliphatic rings. The van der Waals surface area contributed by atoms with Crippen molar-refractivity contribution in [2.24, 2.45) is 17.8 Å². The molecule has 4 heterocycles. The monoisotopic (exact) mass is 908 g/mol. The number of morpholine rings is 1. The zero-order valence-corrected chi connectivity index (χ0v) is 36.6. The van der Waals surface area contributed by atoms with Crippen molar-refractivity contribution in [3.8, 4) is 5.88 Å². The Bertz CT molecular complexity index is 2230. The summed E-state index contributed by atoms with van der Waals surface area (Å²) in [6.45, 7) is 5.61. The summed E-state index contributed by atoms with van der Waals surface area (Å²) < 4.78 is 97.4. The Kier molecular flexibility index (Phi) is 12.7. The first-order valence-corrected chi connectivity index (χ1v) is 23.1. The molecule has 7 atom stereocenters. The number of aromatic nitrogens is 1. The topological polar surface area (TPSA) is 188 Å². The van der Waals surface area contributed by atoms with Gasteiger partial charge >= 0.3 is 12.3 Å². The summed E-state index contributed by atoms with van der Waals surface area (Å²) in [6, 6.07) is 3.89. The van der Waals surface area contributed by atoms with Gasteiger partial charge in [0.15, 0.2) is 0 Å². The molecule has 2 aromatic rings. The number of allylic oxidation sites excluding steroid dienone is 1. The van der Waals surface area contributed by atoms with Crippen molar-refractivity contribution < 1.29 is 59.7 Å². The third-order valence-electron chi connectivity index (χ3n) is 13.7. The van der Waals surface area contributed by atoms with E-state index in [0.717, 1.165) is 16.0 Å². The van der Waals surface area contributed by atoms with Gasteiger partial charge in [0, 0.05) is 36.2 Å². The minimum Gasteiger partial charge on any atom is -0.472 e. The molecular formula is C43H56F4N6O9S. The van der Waals surface area contributed by atoms with Gasteiger partial charge in [-0.15, -0.1) is 0 Å². The van der Waals surface area contributed by atoms with Gasteiger partial charge in [-0.2, -0.15) is 13.2 Å². The predicted molar refractivity (Wildman–Crippen MR) is 223 cm³/mol. The summed E-state index contributed by atoms with van der Waals surface area (Å²) in [5.41, 5.74) is -4.07. The molecule has 0 unspecified atom stereocenters. The highest BCUT2D eigenvalue weighted by Crippen LogP contribution is 2.48. The summed E-state index contributed by atoms with van der Waals surface area (Å²) in [5, 5.41) is 14.7. The van der Waals surface area contributed by atoms with E-state index in [1.165, 1.54) is 0 Å². The van der Waals surface area contributed by atoms with E-state index < -0.39 is 92.5 Å². The summed E-state index contributed by atoms with van der Waals surface area (Å²) >= 11 is 0. The van der Waals surface area contributed by atoms with E-state index in [1.807, 2.05) is 23.8 Å². The van der Waals surface area contributed by atoms with E-state index in [-0.39, 0.29) is 61.8 Å². The highest BCUT2D eigenvalue weighted by Gasteiger charge is 2.64. The van der Waals surface area contributed by atoms with Crippen molar-refractivity contribution in [3.05, 3.63) is 42.6 Å². The van der Waals surface area contributed by atoms with Gasteiger partial charge in [0.05, 0.1) is 31.6 Å². The maximum Gasteiger partial charge on any atom is 0.411 e. The number of nitrogens with one attached hydrogen (secondary N) is 2. The second-order valence-electron chi connectivity index (χ2n) is 18.3. The number of carbonyl (C=O) groups is 4. The molecular weight excluding hydrogens is 853 g/mol. The number of ether oxygens (including phenoxy) is 2. The van der Waals surface area contributed by atoms with Crippen LogP contribution in [0.25, 0.3) is 10.8 Å². The van der Waals surface area contributed by atoms with Gasteiger partial charge in [0.25, 0.3) is 5.91 Å². The lowest BCUT2D eigenvalue weighted by Crippen LogP contribution is -2.66. The SMILES string of the molecule is CC[C@@H]1C[C@@H](C)CCC=C[C@@H]2C[C@@]2(C(=O)NS(=O)(=O)C2(CF)CC2)NC(=O)[C@@H]2C[C@@H](Oc3ncc(N4CCOCC4)c4ccccc34)CN2C(=O)[C@H]1N(C(=O)O)C(C)(C)C(F)(F)F. The first kappa shape index (κ1) is 46.3. The maximum atomic E-state index is 15.3. The lowest BCUT2D eigenvalue weighted by Gasteiger charge is -2.46. The number of hydrogen-bond acceptors (Lipinski definition) is 10. The standard InChI is InChI=1S/C43H56F4N6O9S/c1-5-27-20-26(2)10-6-7-11-28-22-42(28,38(56)50-63(59,60)41(25-44)14-15-41)49-35(54)32-21-29(24-52(32)37(55)34(27)53(39(57)58)40(3,4)43(45,46)47)62-36-31-13-9-8-12-30(31)33(23-48-36)51-16-18-61-19-17-51/h7-9,11-13,23,26-29,32,34H,5-6,10,14-22,24-25H2,1-4H3,(H,49,54)(H,50,56)(H,57,58)/t26-,27+,28+,29+,32-,34-,42+/m0/s1. The van der Waals surface area contributed by atoms with Crippen molar-refractivity contribution in [2.45, 2.75) is 119 Å². The molecule has 63 heavy (non-hydrogen) atoms. The van der Waals surface area contributed by atoms with E-state index in [1.54, 1.807) is 37.4 Å². The Balaban J connectivity index is 1.29. The zero-order chi connectivity index (χ0) is 45.7. The van der Waals surface area contributed by atoms with E-state index >= 15 is 4.79 Å². The molecule has 3 N–H and O–H groups in total. The van der Waals surface area contributed by atoms with Gasteiger partial charge in [-0.3, -0.25) is 24.0 Å². The van der Waals surface area contributed by atoms with Crippen LogP contribution in [0.5, 0.6) is 5.88 Å². The molecule has 0 bridgehead atoms. The van der Waals surface area contributed by atoms with Gasteiger partial charge in [0.2, 0.25) is 27.7 Å². The molecule has 7 rings (SSSR count). The molecule has 1 aromatic carbocycles. The summed E-state index contributed by atoms with van der Waals surface area (Å²) in [7, 11) is -4.51. The fourth-order valence-electron chi connectivity index (χ4n) is 9.38. The average molecular weight is 909 g/mol. The summed E-state index contributed by atoms with van der Waals surface area (Å²) in [6.07, 6.45) is -2.10. The largest absolute Gasteiger partial charge is 0.472 e. The zero-order valence-electron chi connectivity index (χ0n) is 35.8. The van der Waals surface area contributed by atoms with E-state index in [0.29, 0.717) is 58.4 Å². The number of carbonyl (C=O) groups excluding carboxylic acids is 3. The van der Waals surface area contributed by atoms with Crippen LogP contribution in [0.3, 0.4) is 0 Å². The minimum atomic E-state index is -5.12. The summed E-state index contributed by atoms with van der Waals surface area (Å²) in [5.74, 6) is -4.76. The molecule has 2 aliphatic carbocycles. The number of fused-ring (bicyclic) bond motifs is 3.